The van der Waals surface area contributed by atoms with Crippen molar-refractivity contribution in [2.45, 2.75) is 12.0 Å². The number of methoxy groups -OCH3 is 1. The molecule has 1 aromatic carbocycles. The lowest BCUT2D eigenvalue weighted by Crippen LogP contribution is -2.47. The quantitative estimate of drug-likeness (QED) is 0.789. The van der Waals surface area contributed by atoms with Crippen LogP contribution in [0.3, 0.4) is 0 Å². The van der Waals surface area contributed by atoms with Crippen molar-refractivity contribution in [2.75, 3.05) is 30.5 Å². The fraction of sp³-hybridized carbons (Fsp3) is 0.400. The van der Waals surface area contributed by atoms with E-state index in [1.807, 2.05) is 0 Å². The Morgan fingerprint density at radius 2 is 2.29 bits per heavy atom. The van der Waals surface area contributed by atoms with Gasteiger partial charge in [0.25, 0.3) is 5.91 Å². The molecular weight excluding hydrogens is 354 g/mol. The maximum Gasteiger partial charge on any atom is 0.325 e. The first kappa shape index (κ1) is 16.9. The number of nitrogens with one attached hydrogen (secondary N) is 2. The summed E-state index contributed by atoms with van der Waals surface area (Å²) in [6.07, 6.45) is 0.592. The Balaban J connectivity index is 1.65. The van der Waals surface area contributed by atoms with Gasteiger partial charge >= 0.3 is 6.03 Å². The largest absolute Gasteiger partial charge is 0.495 e. The average Bonchev–Trinajstić information content (AvgIpc) is 3.09. The minimum absolute atomic E-state index is 0.333. The predicted octanol–water partition coefficient (Wildman–Crippen LogP) is 1.71. The van der Waals surface area contributed by atoms with Crippen LogP contribution in [0.5, 0.6) is 5.75 Å². The van der Waals surface area contributed by atoms with Crippen molar-refractivity contribution in [3.8, 4) is 5.75 Å². The van der Waals surface area contributed by atoms with E-state index < -0.39 is 17.5 Å². The summed E-state index contributed by atoms with van der Waals surface area (Å²) >= 11 is 7.62. The average molecular weight is 370 g/mol. The Morgan fingerprint density at radius 1 is 1.50 bits per heavy atom. The molecule has 0 aliphatic carbocycles. The summed E-state index contributed by atoms with van der Waals surface area (Å²) in [7, 11) is 1.49. The highest BCUT2D eigenvalue weighted by molar-refractivity contribution is 7.99. The van der Waals surface area contributed by atoms with Crippen LogP contribution < -0.4 is 15.4 Å². The number of urea groups is 1. The maximum atomic E-state index is 12.5. The van der Waals surface area contributed by atoms with Gasteiger partial charge in [-0.15, -0.1) is 0 Å². The van der Waals surface area contributed by atoms with Crippen LogP contribution in [0.25, 0.3) is 0 Å². The summed E-state index contributed by atoms with van der Waals surface area (Å²) in [6.45, 7) is -0.333. The molecule has 0 bridgehead atoms. The van der Waals surface area contributed by atoms with Gasteiger partial charge in [0.15, 0.2) is 0 Å². The molecule has 128 valence electrons. The topological polar surface area (TPSA) is 87.7 Å². The summed E-state index contributed by atoms with van der Waals surface area (Å²) in [5.41, 5.74) is -0.380. The molecule has 2 heterocycles. The summed E-state index contributed by atoms with van der Waals surface area (Å²) in [5.74, 6) is 1.05. The smallest absolute Gasteiger partial charge is 0.325 e. The zero-order valence-electron chi connectivity index (χ0n) is 12.9. The molecule has 2 aliphatic rings. The number of amides is 4. The Kier molecular flexibility index (Phi) is 4.60. The van der Waals surface area contributed by atoms with Crippen LogP contribution in [-0.4, -0.2) is 53.4 Å². The molecule has 0 saturated carbocycles. The molecule has 2 saturated heterocycles. The van der Waals surface area contributed by atoms with Crippen molar-refractivity contribution in [1.82, 2.24) is 10.2 Å². The molecule has 4 amide bonds. The molecule has 1 aromatic rings. The third-order valence-electron chi connectivity index (χ3n) is 4.00. The van der Waals surface area contributed by atoms with E-state index in [0.717, 1.165) is 10.7 Å². The molecule has 9 heteroatoms. The molecule has 2 aliphatic heterocycles. The number of hydrogen-bond donors (Lipinski definition) is 2. The normalized spacial score (nSPS) is 22.8. The van der Waals surface area contributed by atoms with E-state index in [-0.39, 0.29) is 12.5 Å². The van der Waals surface area contributed by atoms with Crippen LogP contribution in [-0.2, 0) is 9.59 Å². The first-order valence-electron chi connectivity index (χ1n) is 7.30. The number of benzene rings is 1. The van der Waals surface area contributed by atoms with Crippen molar-refractivity contribution in [1.29, 1.82) is 0 Å². The van der Waals surface area contributed by atoms with Gasteiger partial charge in [-0.3, -0.25) is 14.5 Å². The zero-order valence-corrected chi connectivity index (χ0v) is 14.5. The Hall–Kier alpha value is -1.93. The van der Waals surface area contributed by atoms with Gasteiger partial charge < -0.3 is 15.4 Å². The van der Waals surface area contributed by atoms with Gasteiger partial charge in [0, 0.05) is 11.4 Å². The van der Waals surface area contributed by atoms with Crippen molar-refractivity contribution < 1.29 is 19.1 Å². The SMILES string of the molecule is COc1ccc(NC(=O)CN2C(=O)NC3(CCSC3)C2=O)cc1Cl. The number of rotatable bonds is 4. The Morgan fingerprint density at radius 3 is 2.92 bits per heavy atom. The first-order chi connectivity index (χ1) is 11.4. The monoisotopic (exact) mass is 369 g/mol. The van der Waals surface area contributed by atoms with Crippen LogP contribution in [0.2, 0.25) is 5.02 Å². The van der Waals surface area contributed by atoms with Crippen LogP contribution in [0.1, 0.15) is 6.42 Å². The molecule has 3 rings (SSSR count). The van der Waals surface area contributed by atoms with E-state index in [9.17, 15) is 14.4 Å². The summed E-state index contributed by atoms with van der Waals surface area (Å²) < 4.78 is 5.04. The number of carbonyl (C=O) groups is 3. The molecule has 2 N–H and O–H groups in total. The highest BCUT2D eigenvalue weighted by Crippen LogP contribution is 2.33. The van der Waals surface area contributed by atoms with E-state index in [4.69, 9.17) is 16.3 Å². The van der Waals surface area contributed by atoms with Crippen LogP contribution in [0.4, 0.5) is 10.5 Å². The lowest BCUT2D eigenvalue weighted by Gasteiger charge is -2.19. The van der Waals surface area contributed by atoms with Crippen molar-refractivity contribution >= 4 is 46.9 Å². The van der Waals surface area contributed by atoms with Gasteiger partial charge in [-0.2, -0.15) is 11.8 Å². The highest BCUT2D eigenvalue weighted by Gasteiger charge is 2.53. The molecule has 24 heavy (non-hydrogen) atoms. The van der Waals surface area contributed by atoms with Gasteiger partial charge in [0.1, 0.15) is 17.8 Å². The number of anilines is 1. The lowest BCUT2D eigenvalue weighted by atomic mass is 9.99. The van der Waals surface area contributed by atoms with E-state index in [1.165, 1.54) is 7.11 Å². The summed E-state index contributed by atoms with van der Waals surface area (Å²) in [6, 6.07) is 4.27. The number of nitrogens with zero attached hydrogens (tertiary/aromatic N) is 1. The Bertz CT molecular complexity index is 706. The van der Waals surface area contributed by atoms with Crippen molar-refractivity contribution in [3.63, 3.8) is 0 Å². The minimum Gasteiger partial charge on any atom is -0.495 e. The van der Waals surface area contributed by atoms with E-state index in [1.54, 1.807) is 30.0 Å². The number of imide groups is 1. The predicted molar refractivity (Wildman–Crippen MR) is 91.6 cm³/mol. The van der Waals surface area contributed by atoms with Crippen LogP contribution >= 0.6 is 23.4 Å². The molecule has 0 radical (unpaired) electrons. The number of hydrogen-bond acceptors (Lipinski definition) is 5. The van der Waals surface area contributed by atoms with E-state index >= 15 is 0 Å². The van der Waals surface area contributed by atoms with E-state index in [2.05, 4.69) is 10.6 Å². The minimum atomic E-state index is -0.842. The van der Waals surface area contributed by atoms with E-state index in [0.29, 0.717) is 28.6 Å². The number of thioether (sulfide) groups is 1. The third kappa shape index (κ3) is 3.03. The van der Waals surface area contributed by atoms with Crippen LogP contribution in [0, 0.1) is 0 Å². The number of carbonyl (C=O) groups excluding carboxylic acids is 3. The Labute approximate surface area is 148 Å². The van der Waals surface area contributed by atoms with Gasteiger partial charge in [0.05, 0.1) is 12.1 Å². The lowest BCUT2D eigenvalue weighted by molar-refractivity contribution is -0.133. The van der Waals surface area contributed by atoms with Gasteiger partial charge in [-0.05, 0) is 30.4 Å². The molecule has 1 spiro atoms. The van der Waals surface area contributed by atoms with Gasteiger partial charge in [-0.25, -0.2) is 4.79 Å². The third-order valence-corrected chi connectivity index (χ3v) is 5.49. The van der Waals surface area contributed by atoms with Crippen molar-refractivity contribution in [3.05, 3.63) is 23.2 Å². The first-order valence-corrected chi connectivity index (χ1v) is 8.84. The second kappa shape index (κ2) is 6.52. The second-order valence-corrected chi connectivity index (χ2v) is 7.12. The molecule has 0 aromatic heterocycles. The standard InChI is InChI=1S/C15H16ClN3O4S/c1-23-11-3-2-9(6-10(11)16)17-12(20)7-19-13(21)15(18-14(19)22)4-5-24-8-15/h2-3,6H,4-5,7-8H2,1H3,(H,17,20)(H,18,22). The summed E-state index contributed by atoms with van der Waals surface area (Å²) in [5, 5.41) is 5.70. The maximum absolute atomic E-state index is 12.5. The van der Waals surface area contributed by atoms with Crippen molar-refractivity contribution in [2.24, 2.45) is 0 Å². The zero-order chi connectivity index (χ0) is 17.3. The number of halogens is 1. The van der Waals surface area contributed by atoms with Gasteiger partial charge in [-0.1, -0.05) is 11.6 Å². The molecule has 2 fully saturated rings. The second-order valence-electron chi connectivity index (χ2n) is 5.60. The highest BCUT2D eigenvalue weighted by atomic mass is 35.5. The fourth-order valence-electron chi connectivity index (χ4n) is 2.74. The van der Waals surface area contributed by atoms with Gasteiger partial charge in [0.2, 0.25) is 5.91 Å². The fourth-order valence-corrected chi connectivity index (χ4v) is 4.32. The molecular formula is C15H16ClN3O4S. The molecule has 1 unspecified atom stereocenters. The molecule has 7 nitrogen and oxygen atoms in total. The summed E-state index contributed by atoms with van der Waals surface area (Å²) in [4.78, 5) is 37.6. The van der Waals surface area contributed by atoms with Crippen LogP contribution in [0.15, 0.2) is 18.2 Å². The number of ether oxygens (including phenoxy) is 1. The molecule has 1 atom stereocenters.